The average molecular weight is 592 g/mol. The molecule has 0 fully saturated rings. The largest absolute Gasteiger partial charge is 0.478 e. The summed E-state index contributed by atoms with van der Waals surface area (Å²) in [5.41, 5.74) is -4.01. The van der Waals surface area contributed by atoms with Crippen LogP contribution in [-0.4, -0.2) is 55.8 Å². The summed E-state index contributed by atoms with van der Waals surface area (Å²) in [6.07, 6.45) is -0.0998. The second-order valence-corrected chi connectivity index (χ2v) is 7.56. The topological polar surface area (TPSA) is 265 Å². The number of aromatic carboxylic acids is 1. The molecular formula is C19H15Cl2N5O13. The van der Waals surface area contributed by atoms with Gasteiger partial charge in [-0.2, -0.15) is 0 Å². The number of hydrogen-bond donors (Lipinski definition) is 2. The number of ether oxygens (including phenoxy) is 1. The Morgan fingerprint density at radius 2 is 1.15 bits per heavy atom. The molecule has 18 nitrogen and oxygen atoms in total. The molecule has 0 spiro atoms. The number of hydrogen-bond acceptors (Lipinski definition) is 12. The van der Waals surface area contributed by atoms with Gasteiger partial charge in [0.25, 0.3) is 28.7 Å². The van der Waals surface area contributed by atoms with E-state index in [1.165, 1.54) is 0 Å². The van der Waals surface area contributed by atoms with Crippen LogP contribution in [0.5, 0.6) is 0 Å². The Balaban J connectivity index is 0.000000416. The summed E-state index contributed by atoms with van der Waals surface area (Å²) in [6, 6.07) is 2.99. The standard InChI is InChI=1S/C12H12ClN3O7.C7H3ClN2O6/c1-2-23-10(17)3-4-14-12(18)7-5-8(15(19)20)11(13)9(6-7)16(21)22;8-6-4(9(13)14)1-3(7(11)12)2-5(6)10(15)16/h5-6H,2-4H2,1H3,(H,14,18);1-2H,(H,11,12). The van der Waals surface area contributed by atoms with E-state index in [0.717, 1.165) is 12.1 Å². The molecule has 208 valence electrons. The molecule has 2 aromatic carbocycles. The van der Waals surface area contributed by atoms with E-state index in [9.17, 15) is 54.8 Å². The molecule has 0 saturated carbocycles. The summed E-state index contributed by atoms with van der Waals surface area (Å²) < 4.78 is 4.66. The predicted octanol–water partition coefficient (Wildman–Crippen LogP) is 3.69. The van der Waals surface area contributed by atoms with Crippen LogP contribution in [0, 0.1) is 40.5 Å². The summed E-state index contributed by atoms with van der Waals surface area (Å²) in [7, 11) is 0. The maximum atomic E-state index is 11.9. The lowest BCUT2D eigenvalue weighted by Crippen LogP contribution is -2.26. The number of nitro benzene ring substituents is 4. The van der Waals surface area contributed by atoms with E-state index in [0.29, 0.717) is 12.1 Å². The maximum absolute atomic E-state index is 11.9. The Kier molecular flexibility index (Phi) is 11.6. The van der Waals surface area contributed by atoms with E-state index in [1.807, 2.05) is 0 Å². The molecule has 0 aromatic heterocycles. The third kappa shape index (κ3) is 8.83. The highest BCUT2D eigenvalue weighted by molar-refractivity contribution is 6.35. The van der Waals surface area contributed by atoms with Gasteiger partial charge in [-0.15, -0.1) is 0 Å². The Labute approximate surface area is 225 Å². The number of amides is 1. The number of carboxylic acid groups (broad SMARTS) is 1. The number of halogens is 2. The minimum Gasteiger partial charge on any atom is -0.478 e. The molecule has 0 unspecified atom stereocenters. The normalized spacial score (nSPS) is 9.92. The second kappa shape index (κ2) is 14.1. The van der Waals surface area contributed by atoms with Crippen molar-refractivity contribution >= 4 is 63.8 Å². The van der Waals surface area contributed by atoms with Crippen LogP contribution < -0.4 is 5.32 Å². The fraction of sp³-hybridized carbons (Fsp3) is 0.211. The molecule has 2 rings (SSSR count). The highest BCUT2D eigenvalue weighted by Crippen LogP contribution is 2.35. The fourth-order valence-corrected chi connectivity index (χ4v) is 3.08. The summed E-state index contributed by atoms with van der Waals surface area (Å²) in [4.78, 5) is 72.4. The van der Waals surface area contributed by atoms with E-state index in [-0.39, 0.29) is 25.1 Å². The van der Waals surface area contributed by atoms with Crippen molar-refractivity contribution in [2.75, 3.05) is 13.2 Å². The molecule has 2 N–H and O–H groups in total. The van der Waals surface area contributed by atoms with Gasteiger partial charge >= 0.3 is 11.9 Å². The van der Waals surface area contributed by atoms with Crippen LogP contribution in [0.4, 0.5) is 22.7 Å². The Morgan fingerprint density at radius 3 is 1.46 bits per heavy atom. The fourth-order valence-electron chi connectivity index (χ4n) is 2.59. The van der Waals surface area contributed by atoms with E-state index in [2.05, 4.69) is 10.1 Å². The molecule has 0 heterocycles. The van der Waals surface area contributed by atoms with Crippen molar-refractivity contribution in [1.29, 1.82) is 0 Å². The maximum Gasteiger partial charge on any atom is 0.336 e. The lowest BCUT2D eigenvalue weighted by molar-refractivity contribution is -0.394. The Morgan fingerprint density at radius 1 is 0.795 bits per heavy atom. The molecule has 0 saturated heterocycles. The molecule has 2 aromatic rings. The highest BCUT2D eigenvalue weighted by atomic mass is 35.5. The van der Waals surface area contributed by atoms with Crippen LogP contribution in [0.1, 0.15) is 34.1 Å². The summed E-state index contributed by atoms with van der Waals surface area (Å²) >= 11 is 11.0. The van der Waals surface area contributed by atoms with Crippen LogP contribution in [0.3, 0.4) is 0 Å². The van der Waals surface area contributed by atoms with Crippen LogP contribution in [0.25, 0.3) is 0 Å². The lowest BCUT2D eigenvalue weighted by atomic mass is 10.1. The van der Waals surface area contributed by atoms with Crippen molar-refractivity contribution in [3.05, 3.63) is 85.9 Å². The number of nitrogens with zero attached hydrogens (tertiary/aromatic N) is 4. The zero-order valence-corrected chi connectivity index (χ0v) is 20.8. The molecule has 0 aliphatic heterocycles. The number of esters is 1. The number of carbonyl (C=O) groups excluding carboxylic acids is 2. The van der Waals surface area contributed by atoms with Gasteiger partial charge in [-0.25, -0.2) is 4.79 Å². The molecule has 20 heteroatoms. The minimum atomic E-state index is -1.51. The van der Waals surface area contributed by atoms with Crippen LogP contribution in [-0.2, 0) is 9.53 Å². The SMILES string of the molecule is CCOC(=O)CCNC(=O)c1cc([N+](=O)[O-])c(Cl)c([N+](=O)[O-])c1.O=C(O)c1cc([N+](=O)[O-])c(Cl)c([N+](=O)[O-])c1. The summed E-state index contributed by atoms with van der Waals surface area (Å²) in [5, 5.41) is 52.2. The molecule has 0 aliphatic carbocycles. The number of nitrogens with one attached hydrogen (secondary N) is 1. The Bertz CT molecular complexity index is 1300. The minimum absolute atomic E-state index is 0.0815. The molecule has 0 bridgehead atoms. The first kappa shape index (κ1) is 32.1. The monoisotopic (exact) mass is 591 g/mol. The third-order valence-corrected chi connectivity index (χ3v) is 5.06. The van der Waals surface area contributed by atoms with Crippen molar-refractivity contribution in [2.45, 2.75) is 13.3 Å². The summed E-state index contributed by atoms with van der Waals surface area (Å²) in [5.74, 6) is -2.85. The van der Waals surface area contributed by atoms with Crippen molar-refractivity contribution in [3.8, 4) is 0 Å². The highest BCUT2D eigenvalue weighted by Gasteiger charge is 2.28. The number of carboxylic acids is 1. The molecule has 0 radical (unpaired) electrons. The first-order valence-corrected chi connectivity index (χ1v) is 10.8. The number of carbonyl (C=O) groups is 3. The van der Waals surface area contributed by atoms with E-state index >= 15 is 0 Å². The second-order valence-electron chi connectivity index (χ2n) is 6.80. The molecule has 39 heavy (non-hydrogen) atoms. The van der Waals surface area contributed by atoms with Crippen LogP contribution in [0.15, 0.2) is 24.3 Å². The van der Waals surface area contributed by atoms with Gasteiger partial charge in [0.2, 0.25) is 0 Å². The van der Waals surface area contributed by atoms with Gasteiger partial charge < -0.3 is 15.2 Å². The van der Waals surface area contributed by atoms with Gasteiger partial charge in [0, 0.05) is 30.8 Å². The van der Waals surface area contributed by atoms with Gasteiger partial charge in [0.05, 0.1) is 43.8 Å². The van der Waals surface area contributed by atoms with Gasteiger partial charge in [0.15, 0.2) is 10.0 Å². The molecular weight excluding hydrogens is 577 g/mol. The lowest BCUT2D eigenvalue weighted by Gasteiger charge is -2.06. The quantitative estimate of drug-likeness (QED) is 0.227. The smallest absolute Gasteiger partial charge is 0.336 e. The van der Waals surface area contributed by atoms with Crippen molar-refractivity contribution in [3.63, 3.8) is 0 Å². The van der Waals surface area contributed by atoms with E-state index < -0.39 is 75.9 Å². The molecule has 0 atom stereocenters. The zero-order valence-electron chi connectivity index (χ0n) is 19.3. The Hall–Kier alpha value is -4.97. The van der Waals surface area contributed by atoms with E-state index in [1.54, 1.807) is 6.92 Å². The predicted molar refractivity (Wildman–Crippen MR) is 130 cm³/mol. The van der Waals surface area contributed by atoms with E-state index in [4.69, 9.17) is 28.3 Å². The van der Waals surface area contributed by atoms with Crippen LogP contribution >= 0.6 is 23.2 Å². The van der Waals surface area contributed by atoms with Crippen molar-refractivity contribution in [2.24, 2.45) is 0 Å². The average Bonchev–Trinajstić information content (AvgIpc) is 2.83. The number of rotatable bonds is 10. The van der Waals surface area contributed by atoms with Gasteiger partial charge in [0.1, 0.15) is 0 Å². The first-order valence-electron chi connectivity index (χ1n) is 10.0. The number of benzene rings is 2. The van der Waals surface area contributed by atoms with Crippen molar-refractivity contribution in [1.82, 2.24) is 5.32 Å². The van der Waals surface area contributed by atoms with Gasteiger partial charge in [-0.1, -0.05) is 23.2 Å². The summed E-state index contributed by atoms with van der Waals surface area (Å²) in [6.45, 7) is 1.74. The van der Waals surface area contributed by atoms with Crippen molar-refractivity contribution < 1.29 is 43.9 Å². The molecule has 0 aliphatic rings. The zero-order chi connectivity index (χ0) is 30.0. The van der Waals surface area contributed by atoms with Crippen LogP contribution in [0.2, 0.25) is 10.0 Å². The number of nitro groups is 4. The van der Waals surface area contributed by atoms with Gasteiger partial charge in [-0.05, 0) is 6.92 Å². The van der Waals surface area contributed by atoms with Gasteiger partial charge in [-0.3, -0.25) is 50.0 Å². The molecule has 1 amide bonds. The third-order valence-electron chi connectivity index (χ3n) is 4.28. The first-order chi connectivity index (χ1) is 18.1.